The van der Waals surface area contributed by atoms with Gasteiger partial charge in [0.05, 0.1) is 5.56 Å². The van der Waals surface area contributed by atoms with Gasteiger partial charge < -0.3 is 10.1 Å². The van der Waals surface area contributed by atoms with Gasteiger partial charge in [-0.25, -0.2) is 0 Å². The number of alkyl halides is 2. The molecular weight excluding hydrogens is 252 g/mol. The number of amides is 1. The molecule has 0 spiro atoms. The summed E-state index contributed by atoms with van der Waals surface area (Å²) < 4.78 is 28.7. The second-order valence-electron chi connectivity index (χ2n) is 4.67. The molecule has 106 valence electrons. The van der Waals surface area contributed by atoms with Gasteiger partial charge in [0.2, 0.25) is 0 Å². The maximum absolute atomic E-state index is 12.2. The van der Waals surface area contributed by atoms with E-state index in [1.807, 2.05) is 0 Å². The molecule has 0 aliphatic heterocycles. The lowest BCUT2D eigenvalue weighted by Crippen LogP contribution is -2.25. The minimum absolute atomic E-state index is 0.0983. The van der Waals surface area contributed by atoms with E-state index in [-0.39, 0.29) is 17.2 Å². The molecule has 0 unspecified atom stereocenters. The summed E-state index contributed by atoms with van der Waals surface area (Å²) in [5, 5.41) is 2.70. The first-order valence-electron chi connectivity index (χ1n) is 6.32. The number of carbonyl (C=O) groups is 1. The Morgan fingerprint density at radius 1 is 1.32 bits per heavy atom. The number of carbonyl (C=O) groups excluding carboxylic acids is 1. The van der Waals surface area contributed by atoms with Crippen molar-refractivity contribution in [1.82, 2.24) is 5.32 Å². The van der Waals surface area contributed by atoms with Crippen LogP contribution in [-0.2, 0) is 0 Å². The second kappa shape index (κ2) is 7.71. The smallest absolute Gasteiger partial charge is 0.387 e. The van der Waals surface area contributed by atoms with Gasteiger partial charge in [-0.05, 0) is 30.9 Å². The van der Waals surface area contributed by atoms with Crippen LogP contribution in [0.3, 0.4) is 0 Å². The highest BCUT2D eigenvalue weighted by molar-refractivity contribution is 5.96. The van der Waals surface area contributed by atoms with Gasteiger partial charge in [-0.3, -0.25) is 4.79 Å². The van der Waals surface area contributed by atoms with Gasteiger partial charge in [-0.1, -0.05) is 26.0 Å². The Hall–Kier alpha value is -1.65. The number of ether oxygens (including phenoxy) is 1. The normalized spacial score (nSPS) is 10.8. The number of benzene rings is 1. The van der Waals surface area contributed by atoms with Gasteiger partial charge in [0.1, 0.15) is 5.75 Å². The summed E-state index contributed by atoms with van der Waals surface area (Å²) in [6.07, 6.45) is 1.87. The van der Waals surface area contributed by atoms with Crippen molar-refractivity contribution in [3.63, 3.8) is 0 Å². The lowest BCUT2D eigenvalue weighted by atomic mass is 10.1. The van der Waals surface area contributed by atoms with Crippen LogP contribution >= 0.6 is 0 Å². The standard InChI is InChI=1S/C14H19F2NO2/c1-10(2)6-5-9-17-13(18)11-7-3-4-8-12(11)19-14(15)16/h3-4,7-8,10,14H,5-6,9H2,1-2H3,(H,17,18). The number of hydrogen-bond acceptors (Lipinski definition) is 2. The molecule has 0 bridgehead atoms. The molecule has 1 amide bonds. The highest BCUT2D eigenvalue weighted by Gasteiger charge is 2.14. The Bertz CT molecular complexity index is 408. The molecule has 0 saturated heterocycles. The summed E-state index contributed by atoms with van der Waals surface area (Å²) in [4.78, 5) is 11.9. The fraction of sp³-hybridized carbons (Fsp3) is 0.500. The lowest BCUT2D eigenvalue weighted by Gasteiger charge is -2.11. The third-order valence-corrected chi connectivity index (χ3v) is 2.59. The molecule has 0 fully saturated rings. The van der Waals surface area contributed by atoms with E-state index in [2.05, 4.69) is 23.9 Å². The van der Waals surface area contributed by atoms with Crippen molar-refractivity contribution in [2.45, 2.75) is 33.3 Å². The van der Waals surface area contributed by atoms with Gasteiger partial charge in [-0.2, -0.15) is 8.78 Å². The summed E-state index contributed by atoms with van der Waals surface area (Å²) >= 11 is 0. The Kier molecular flexibility index (Phi) is 6.25. The zero-order valence-corrected chi connectivity index (χ0v) is 11.2. The Morgan fingerprint density at radius 2 is 2.00 bits per heavy atom. The van der Waals surface area contributed by atoms with Crippen LogP contribution in [0, 0.1) is 5.92 Å². The number of nitrogens with one attached hydrogen (secondary N) is 1. The van der Waals surface area contributed by atoms with E-state index in [0.717, 1.165) is 12.8 Å². The fourth-order valence-electron chi connectivity index (χ4n) is 1.66. The summed E-state index contributed by atoms with van der Waals surface area (Å²) in [6.45, 7) is 1.80. The first-order valence-corrected chi connectivity index (χ1v) is 6.32. The van der Waals surface area contributed by atoms with E-state index >= 15 is 0 Å². The second-order valence-corrected chi connectivity index (χ2v) is 4.67. The topological polar surface area (TPSA) is 38.3 Å². The number of para-hydroxylation sites is 1. The maximum atomic E-state index is 12.2. The van der Waals surface area contributed by atoms with Gasteiger partial charge in [0.25, 0.3) is 5.91 Å². The van der Waals surface area contributed by atoms with E-state index in [1.165, 1.54) is 12.1 Å². The van der Waals surface area contributed by atoms with Crippen LogP contribution in [0.5, 0.6) is 5.75 Å². The van der Waals surface area contributed by atoms with Crippen LogP contribution in [-0.4, -0.2) is 19.1 Å². The molecule has 0 heterocycles. The van der Waals surface area contributed by atoms with E-state index in [9.17, 15) is 13.6 Å². The van der Waals surface area contributed by atoms with Crippen molar-refractivity contribution in [2.24, 2.45) is 5.92 Å². The Balaban J connectivity index is 2.56. The van der Waals surface area contributed by atoms with Gasteiger partial charge >= 0.3 is 6.61 Å². The summed E-state index contributed by atoms with van der Waals surface area (Å²) in [7, 11) is 0. The van der Waals surface area contributed by atoms with Crippen LogP contribution < -0.4 is 10.1 Å². The lowest BCUT2D eigenvalue weighted by molar-refractivity contribution is -0.0501. The minimum atomic E-state index is -2.94. The summed E-state index contributed by atoms with van der Waals surface area (Å²) in [5.41, 5.74) is 0.132. The van der Waals surface area contributed by atoms with Gasteiger partial charge in [0, 0.05) is 6.54 Å². The molecule has 0 radical (unpaired) electrons. The minimum Gasteiger partial charge on any atom is -0.434 e. The van der Waals surface area contributed by atoms with Crippen molar-refractivity contribution < 1.29 is 18.3 Å². The maximum Gasteiger partial charge on any atom is 0.387 e. The van der Waals surface area contributed by atoms with Crippen LogP contribution in [0.1, 0.15) is 37.0 Å². The zero-order valence-electron chi connectivity index (χ0n) is 11.2. The largest absolute Gasteiger partial charge is 0.434 e. The van der Waals surface area contributed by atoms with Crippen LogP contribution in [0.15, 0.2) is 24.3 Å². The molecule has 3 nitrogen and oxygen atoms in total. The molecular formula is C14H19F2NO2. The van der Waals surface area contributed by atoms with Crippen LogP contribution in [0.2, 0.25) is 0 Å². The summed E-state index contributed by atoms with van der Waals surface area (Å²) in [6, 6.07) is 5.99. The fourth-order valence-corrected chi connectivity index (χ4v) is 1.66. The number of hydrogen-bond donors (Lipinski definition) is 1. The van der Waals surface area contributed by atoms with Crippen LogP contribution in [0.4, 0.5) is 8.78 Å². The predicted molar refractivity (Wildman–Crippen MR) is 69.5 cm³/mol. The quantitative estimate of drug-likeness (QED) is 0.771. The molecule has 0 atom stereocenters. The van der Waals surface area contributed by atoms with Crippen molar-refractivity contribution in [2.75, 3.05) is 6.54 Å². The molecule has 5 heteroatoms. The van der Waals surface area contributed by atoms with Crippen molar-refractivity contribution in [1.29, 1.82) is 0 Å². The van der Waals surface area contributed by atoms with E-state index in [0.29, 0.717) is 12.5 Å². The highest BCUT2D eigenvalue weighted by atomic mass is 19.3. The number of halogens is 2. The molecule has 1 aromatic carbocycles. The van der Waals surface area contributed by atoms with E-state index in [4.69, 9.17) is 0 Å². The monoisotopic (exact) mass is 271 g/mol. The SMILES string of the molecule is CC(C)CCCNC(=O)c1ccccc1OC(F)F. The van der Waals surface area contributed by atoms with Crippen molar-refractivity contribution >= 4 is 5.91 Å². The third-order valence-electron chi connectivity index (χ3n) is 2.59. The highest BCUT2D eigenvalue weighted by Crippen LogP contribution is 2.20. The molecule has 1 rings (SSSR count). The molecule has 1 N–H and O–H groups in total. The molecule has 0 saturated carbocycles. The molecule has 1 aromatic rings. The third kappa shape index (κ3) is 5.68. The molecule has 0 aliphatic rings. The molecule has 19 heavy (non-hydrogen) atoms. The molecule has 0 aliphatic carbocycles. The number of rotatable bonds is 7. The first-order chi connectivity index (χ1) is 9.00. The van der Waals surface area contributed by atoms with Crippen LogP contribution in [0.25, 0.3) is 0 Å². The van der Waals surface area contributed by atoms with Crippen molar-refractivity contribution in [3.05, 3.63) is 29.8 Å². The summed E-state index contributed by atoms with van der Waals surface area (Å²) in [5.74, 6) is 0.0882. The van der Waals surface area contributed by atoms with Gasteiger partial charge in [-0.15, -0.1) is 0 Å². The Morgan fingerprint density at radius 3 is 2.63 bits per heavy atom. The predicted octanol–water partition coefficient (Wildman–Crippen LogP) is 3.45. The average Bonchev–Trinajstić information content (AvgIpc) is 2.34. The van der Waals surface area contributed by atoms with E-state index < -0.39 is 6.61 Å². The van der Waals surface area contributed by atoms with Gasteiger partial charge in [0.15, 0.2) is 0 Å². The first kappa shape index (κ1) is 15.4. The average molecular weight is 271 g/mol. The van der Waals surface area contributed by atoms with E-state index in [1.54, 1.807) is 12.1 Å². The van der Waals surface area contributed by atoms with Crippen molar-refractivity contribution in [3.8, 4) is 5.75 Å². The Labute approximate surface area is 112 Å². The zero-order chi connectivity index (χ0) is 14.3. The molecule has 0 aromatic heterocycles.